The van der Waals surface area contributed by atoms with Crippen molar-refractivity contribution in [1.82, 2.24) is 0 Å². The number of ether oxygens (including phenoxy) is 10. The summed E-state index contributed by atoms with van der Waals surface area (Å²) in [6, 6.07) is 0. The largest absolute Gasteiger partial charge is 0.462 e. The number of ketones is 1. The van der Waals surface area contributed by atoms with Crippen LogP contribution in [0.15, 0.2) is 11.6 Å². The Morgan fingerprint density at radius 2 is 1.18 bits per heavy atom. The highest BCUT2D eigenvalue weighted by atomic mass is 16.8. The van der Waals surface area contributed by atoms with Crippen LogP contribution in [0, 0.1) is 22.7 Å². The zero-order chi connectivity index (χ0) is 47.8. The Kier molecular flexibility index (Phi) is 14.7. The van der Waals surface area contributed by atoms with E-state index in [1.54, 1.807) is 27.7 Å². The van der Waals surface area contributed by atoms with Gasteiger partial charge in [0, 0.05) is 57.0 Å². The van der Waals surface area contributed by atoms with Crippen molar-refractivity contribution < 1.29 is 87.6 Å². The number of hydrogen-bond acceptors (Lipinski definition) is 18. The number of carbonyl (C=O) groups is 2. The molecule has 24 unspecified atom stereocenters. The predicted octanol–water partition coefficient (Wildman–Crippen LogP) is 2.46. The maximum absolute atomic E-state index is 12.9. The summed E-state index contributed by atoms with van der Waals surface area (Å²) in [5, 5.41) is 69.4. The van der Waals surface area contributed by atoms with E-state index in [9.17, 15) is 40.2 Å². The first-order chi connectivity index (χ1) is 31.0. The average molecular weight is 941 g/mol. The minimum Gasteiger partial charge on any atom is -0.462 e. The molecule has 0 amide bonds. The number of fused-ring (bicyclic) bond motifs is 5. The van der Waals surface area contributed by atoms with Crippen LogP contribution in [0.2, 0.25) is 0 Å². The molecule has 0 aromatic heterocycles. The summed E-state index contributed by atoms with van der Waals surface area (Å²) < 4.78 is 60.8. The normalized spacial score (nSPS) is 52.9. The molecule has 0 bridgehead atoms. The quantitative estimate of drug-likeness (QED) is 0.129. The molecule has 7 fully saturated rings. The summed E-state index contributed by atoms with van der Waals surface area (Å²) in [6.45, 7) is 13.8. The Balaban J connectivity index is 0.827. The zero-order valence-electron chi connectivity index (χ0n) is 40.0. The lowest BCUT2D eigenvalue weighted by Crippen LogP contribution is -2.75. The second-order valence-electron chi connectivity index (χ2n) is 21.3. The third kappa shape index (κ3) is 8.88. The molecule has 8 rings (SSSR count). The zero-order valence-corrected chi connectivity index (χ0v) is 40.0. The molecule has 376 valence electrons. The second kappa shape index (κ2) is 19.1. The molecule has 24 atom stereocenters. The third-order valence-electron chi connectivity index (χ3n) is 17.4. The lowest BCUT2D eigenvalue weighted by Gasteiger charge is -2.66. The molecule has 0 spiro atoms. The highest BCUT2D eigenvalue weighted by Crippen LogP contribution is 2.70. The summed E-state index contributed by atoms with van der Waals surface area (Å²) in [6.07, 6.45) is -7.48. The first kappa shape index (κ1) is 50.7. The van der Waals surface area contributed by atoms with E-state index in [0.717, 1.165) is 5.57 Å². The van der Waals surface area contributed by atoms with Crippen molar-refractivity contribution in [1.29, 1.82) is 0 Å². The molecule has 66 heavy (non-hydrogen) atoms. The molecule has 4 aliphatic carbocycles. The number of hydrogen-bond donors (Lipinski definition) is 6. The third-order valence-corrected chi connectivity index (χ3v) is 17.4. The van der Waals surface area contributed by atoms with Gasteiger partial charge in [-0.1, -0.05) is 25.5 Å². The van der Waals surface area contributed by atoms with E-state index in [4.69, 9.17) is 47.4 Å². The molecule has 3 saturated carbocycles. The Bertz CT molecular complexity index is 1750. The molecule has 8 aliphatic rings. The van der Waals surface area contributed by atoms with E-state index in [2.05, 4.69) is 6.92 Å². The molecule has 18 heteroatoms. The van der Waals surface area contributed by atoms with Crippen LogP contribution in [-0.2, 0) is 57.0 Å². The van der Waals surface area contributed by atoms with Crippen LogP contribution < -0.4 is 0 Å². The molecule has 0 aromatic rings. The maximum Gasteiger partial charge on any atom is 0.302 e. The molecule has 0 aromatic carbocycles. The molecular formula is C48H76O18. The van der Waals surface area contributed by atoms with Crippen molar-refractivity contribution in [3.05, 3.63) is 11.6 Å². The van der Waals surface area contributed by atoms with Gasteiger partial charge in [0.05, 0.1) is 54.9 Å². The summed E-state index contributed by atoms with van der Waals surface area (Å²) in [7, 11) is 1.52. The lowest BCUT2D eigenvalue weighted by molar-refractivity contribution is -0.344. The number of aliphatic hydroxyl groups excluding tert-OH is 4. The maximum atomic E-state index is 12.9. The van der Waals surface area contributed by atoms with Crippen LogP contribution in [0.5, 0.6) is 0 Å². The van der Waals surface area contributed by atoms with Crippen LogP contribution in [0.25, 0.3) is 0 Å². The van der Waals surface area contributed by atoms with Crippen molar-refractivity contribution in [2.45, 2.75) is 248 Å². The lowest BCUT2D eigenvalue weighted by atomic mass is 9.43. The summed E-state index contributed by atoms with van der Waals surface area (Å²) in [5.74, 6) is -1.56. The van der Waals surface area contributed by atoms with Gasteiger partial charge in [-0.15, -0.1) is 0 Å². The molecule has 4 heterocycles. The average Bonchev–Trinajstić information content (AvgIpc) is 3.53. The minimum absolute atomic E-state index is 0.0484. The van der Waals surface area contributed by atoms with Gasteiger partial charge in [0.15, 0.2) is 25.2 Å². The van der Waals surface area contributed by atoms with Crippen LogP contribution >= 0.6 is 0 Å². The predicted molar refractivity (Wildman–Crippen MR) is 230 cm³/mol. The van der Waals surface area contributed by atoms with Crippen LogP contribution in [0.3, 0.4) is 0 Å². The number of Topliss-reactive ketones (excluding diaryl/α,β-unsaturated/α-hetero) is 1. The van der Waals surface area contributed by atoms with Gasteiger partial charge in [0.25, 0.3) is 0 Å². The highest BCUT2D eigenvalue weighted by molar-refractivity contribution is 5.80. The van der Waals surface area contributed by atoms with Gasteiger partial charge in [-0.3, -0.25) is 9.59 Å². The van der Waals surface area contributed by atoms with E-state index in [0.29, 0.717) is 32.1 Å². The van der Waals surface area contributed by atoms with E-state index in [-0.39, 0.29) is 50.4 Å². The van der Waals surface area contributed by atoms with Crippen LogP contribution in [0.1, 0.15) is 126 Å². The molecule has 4 saturated heterocycles. The summed E-state index contributed by atoms with van der Waals surface area (Å²) in [5.41, 5.74) is -3.75. The number of methoxy groups -OCH3 is 1. The van der Waals surface area contributed by atoms with Gasteiger partial charge in [0.1, 0.15) is 47.5 Å². The fourth-order valence-electron chi connectivity index (χ4n) is 13.7. The highest BCUT2D eigenvalue weighted by Gasteiger charge is 2.77. The number of esters is 1. The number of carbonyl (C=O) groups excluding carboxylic acids is 2. The van der Waals surface area contributed by atoms with Crippen molar-refractivity contribution in [3.8, 4) is 0 Å². The first-order valence-corrected chi connectivity index (χ1v) is 24.3. The topological polar surface area (TPSA) is 248 Å². The van der Waals surface area contributed by atoms with Gasteiger partial charge in [-0.05, 0) is 85.0 Å². The smallest absolute Gasteiger partial charge is 0.302 e. The van der Waals surface area contributed by atoms with Gasteiger partial charge in [0.2, 0.25) is 0 Å². The van der Waals surface area contributed by atoms with Crippen molar-refractivity contribution >= 4 is 11.8 Å². The molecular weight excluding hydrogens is 865 g/mol. The van der Waals surface area contributed by atoms with Crippen molar-refractivity contribution in [2.75, 3.05) is 7.11 Å². The number of aliphatic hydroxyl groups is 6. The van der Waals surface area contributed by atoms with E-state index in [1.807, 2.05) is 13.0 Å². The second-order valence-corrected chi connectivity index (χ2v) is 21.3. The summed E-state index contributed by atoms with van der Waals surface area (Å²) in [4.78, 5) is 25.4. The monoisotopic (exact) mass is 941 g/mol. The number of rotatable bonds is 11. The Labute approximate surface area is 387 Å². The Hall–Kier alpha value is -1.72. The molecule has 4 aliphatic heterocycles. The van der Waals surface area contributed by atoms with Crippen molar-refractivity contribution in [3.63, 3.8) is 0 Å². The fraction of sp³-hybridized carbons (Fsp3) is 0.917. The first-order valence-electron chi connectivity index (χ1n) is 24.3. The van der Waals surface area contributed by atoms with Crippen molar-refractivity contribution in [2.24, 2.45) is 22.7 Å². The standard InChI is InChI=1S/C48H76O18/c1-22(49)30-12-15-48(56)46(30,8)36(62-27(6)50)21-35-45(7)13-11-29(16-28(45)10-14-47(35,48)55)63-37-17-31(51)42(24(3)59-37)64-38-18-32(52)43(25(4)60-38)65-39-19-33(53)44(26(5)61-39)66-40-20-34(57-9)41(54)23(2)58-40/h10,23-26,29-44,51-56H,11-21H2,1-9H3. The minimum atomic E-state index is -1.64. The Morgan fingerprint density at radius 3 is 1.67 bits per heavy atom. The molecule has 6 N–H and O–H groups in total. The van der Waals surface area contributed by atoms with Gasteiger partial charge < -0.3 is 78.0 Å². The molecule has 0 radical (unpaired) electrons. The van der Waals surface area contributed by atoms with Crippen LogP contribution in [0.4, 0.5) is 0 Å². The SMILES string of the molecule is COC1CC(OC2C(O)CC(OC3C(O)CC(OC4C(O)CC(OC5CCC6(C)C(=CCC7(O)C6CC(OC(C)=O)C6(C)C(C(C)=O)CCC76O)C5)OC4C)OC3C)OC2C)OC(C)C1O. The van der Waals surface area contributed by atoms with E-state index < -0.39 is 144 Å². The Morgan fingerprint density at radius 1 is 0.682 bits per heavy atom. The van der Waals surface area contributed by atoms with Crippen LogP contribution in [-0.4, -0.2) is 171 Å². The fourth-order valence-corrected chi connectivity index (χ4v) is 13.7. The molecule has 18 nitrogen and oxygen atoms in total. The summed E-state index contributed by atoms with van der Waals surface area (Å²) >= 11 is 0. The van der Waals surface area contributed by atoms with E-state index in [1.165, 1.54) is 21.0 Å². The van der Waals surface area contributed by atoms with E-state index >= 15 is 0 Å². The van der Waals surface area contributed by atoms with Gasteiger partial charge in [-0.2, -0.15) is 0 Å². The van der Waals surface area contributed by atoms with Gasteiger partial charge >= 0.3 is 5.97 Å². The van der Waals surface area contributed by atoms with Gasteiger partial charge in [-0.25, -0.2) is 0 Å².